The molecule has 1 aromatic carbocycles. The molecule has 0 N–H and O–H groups in total. The monoisotopic (exact) mass is 352 g/mol. The molecule has 0 radical (unpaired) electrons. The Kier molecular flexibility index (Phi) is 6.35. The van der Waals surface area contributed by atoms with Gasteiger partial charge in [0.1, 0.15) is 6.11 Å². The molecule has 0 saturated carbocycles. The molecule has 110 valence electrons. The molecule has 0 spiro atoms. The molecule has 0 fully saturated rings. The molecule has 3 heteroatoms. The highest BCUT2D eigenvalue weighted by molar-refractivity contribution is 9.10. The summed E-state index contributed by atoms with van der Waals surface area (Å²) >= 11 is 3.43. The fraction of sp³-hybridized carbons (Fsp3) is 0.529. The van der Waals surface area contributed by atoms with Crippen molar-refractivity contribution < 1.29 is 4.43 Å². The summed E-state index contributed by atoms with van der Waals surface area (Å²) in [7, 11) is -1.88. The third-order valence-electron chi connectivity index (χ3n) is 3.97. The summed E-state index contributed by atoms with van der Waals surface area (Å²) in [6.45, 7) is 13.6. The molecule has 20 heavy (non-hydrogen) atoms. The summed E-state index contributed by atoms with van der Waals surface area (Å²) in [6, 6.07) is 8.01. The molecule has 0 bridgehead atoms. The first-order chi connectivity index (χ1) is 9.30. The third kappa shape index (κ3) is 3.90. The third-order valence-corrected chi connectivity index (χ3v) is 10.4. The summed E-state index contributed by atoms with van der Waals surface area (Å²) in [5, 5.41) is 0. The fourth-order valence-corrected chi connectivity index (χ4v) is 8.26. The minimum absolute atomic E-state index is 0.557. The van der Waals surface area contributed by atoms with Crippen LogP contribution in [0.25, 0.3) is 0 Å². The van der Waals surface area contributed by atoms with Gasteiger partial charge in [0.25, 0.3) is 8.32 Å². The van der Waals surface area contributed by atoms with E-state index in [-0.39, 0.29) is 0 Å². The second-order valence-corrected chi connectivity index (χ2v) is 12.4. The van der Waals surface area contributed by atoms with Gasteiger partial charge >= 0.3 is 0 Å². The van der Waals surface area contributed by atoms with Gasteiger partial charge in [-0.3, -0.25) is 0 Å². The van der Waals surface area contributed by atoms with Crippen LogP contribution in [0.15, 0.2) is 28.7 Å². The highest BCUT2D eigenvalue weighted by Crippen LogP contribution is 2.41. The Morgan fingerprint density at radius 2 is 1.35 bits per heavy atom. The summed E-state index contributed by atoms with van der Waals surface area (Å²) in [4.78, 5) is 0. The van der Waals surface area contributed by atoms with Crippen molar-refractivity contribution in [3.63, 3.8) is 0 Å². The number of hydrogen-bond acceptors (Lipinski definition) is 1. The average Bonchev–Trinajstić information content (AvgIpc) is 2.35. The van der Waals surface area contributed by atoms with Crippen LogP contribution < -0.4 is 0 Å². The minimum Gasteiger partial charge on any atom is -0.499 e. The molecule has 0 unspecified atom stereocenters. The maximum Gasteiger partial charge on any atom is 0.272 e. The Balaban J connectivity index is 2.96. The lowest BCUT2D eigenvalue weighted by Gasteiger charge is -2.39. The average molecular weight is 353 g/mol. The van der Waals surface area contributed by atoms with E-state index in [2.05, 4.69) is 69.5 Å². The Bertz CT molecular complexity index is 458. The topological polar surface area (TPSA) is 9.23 Å². The van der Waals surface area contributed by atoms with Crippen molar-refractivity contribution in [2.24, 2.45) is 0 Å². The first kappa shape index (κ1) is 17.3. The SMILES string of the molecule is CC(C)[Si](OC#Cc1ccc(Br)cc1)(C(C)C)C(C)C. The molecule has 0 saturated heterocycles. The molecule has 1 aromatic rings. The van der Waals surface area contributed by atoms with Crippen molar-refractivity contribution in [1.29, 1.82) is 0 Å². The molecule has 1 nitrogen and oxygen atoms in total. The second-order valence-electron chi connectivity index (χ2n) is 6.15. The van der Waals surface area contributed by atoms with Gasteiger partial charge in [0.05, 0.1) is 0 Å². The lowest BCUT2D eigenvalue weighted by molar-refractivity contribution is 0.447. The van der Waals surface area contributed by atoms with Crippen molar-refractivity contribution in [2.75, 3.05) is 0 Å². The molecule has 1 rings (SSSR count). The Hall–Kier alpha value is -0.723. The molecule has 0 atom stereocenters. The van der Waals surface area contributed by atoms with Crippen molar-refractivity contribution >= 4 is 24.2 Å². The second kappa shape index (κ2) is 7.33. The molecule has 0 aliphatic rings. The lowest BCUT2D eigenvalue weighted by Crippen LogP contribution is -2.46. The zero-order valence-corrected chi connectivity index (χ0v) is 15.9. The lowest BCUT2D eigenvalue weighted by atomic mass is 10.2. The number of halogens is 1. The van der Waals surface area contributed by atoms with E-state index in [0.29, 0.717) is 16.6 Å². The van der Waals surface area contributed by atoms with Gasteiger partial charge in [0.15, 0.2) is 0 Å². The Morgan fingerprint density at radius 3 is 1.75 bits per heavy atom. The van der Waals surface area contributed by atoms with E-state index in [0.717, 1.165) is 10.0 Å². The maximum absolute atomic E-state index is 6.21. The van der Waals surface area contributed by atoms with E-state index < -0.39 is 8.32 Å². The van der Waals surface area contributed by atoms with Gasteiger partial charge in [-0.2, -0.15) is 0 Å². The van der Waals surface area contributed by atoms with Crippen LogP contribution >= 0.6 is 15.9 Å². The van der Waals surface area contributed by atoms with Gasteiger partial charge in [-0.15, -0.1) is 0 Å². The molecule has 0 amide bonds. The zero-order chi connectivity index (χ0) is 15.3. The van der Waals surface area contributed by atoms with Gasteiger partial charge < -0.3 is 4.43 Å². The Morgan fingerprint density at radius 1 is 0.900 bits per heavy atom. The molecule has 0 aromatic heterocycles. The van der Waals surface area contributed by atoms with Crippen LogP contribution in [0.5, 0.6) is 0 Å². The molecular formula is C17H25BrOSi. The number of benzene rings is 1. The quantitative estimate of drug-likeness (QED) is 0.480. The van der Waals surface area contributed by atoms with Crippen LogP contribution in [-0.4, -0.2) is 8.32 Å². The van der Waals surface area contributed by atoms with Crippen molar-refractivity contribution in [3.8, 4) is 12.0 Å². The van der Waals surface area contributed by atoms with E-state index in [4.69, 9.17) is 4.43 Å². The van der Waals surface area contributed by atoms with E-state index in [9.17, 15) is 0 Å². The first-order valence-corrected chi connectivity index (χ1v) is 10.2. The number of hydrogen-bond donors (Lipinski definition) is 0. The van der Waals surface area contributed by atoms with Gasteiger partial charge in [0, 0.05) is 10.0 Å². The normalized spacial score (nSPS) is 11.7. The smallest absolute Gasteiger partial charge is 0.272 e. The first-order valence-electron chi connectivity index (χ1n) is 7.25. The summed E-state index contributed by atoms with van der Waals surface area (Å²) in [6.07, 6.45) is 3.00. The zero-order valence-electron chi connectivity index (χ0n) is 13.3. The number of rotatable bonds is 4. The van der Waals surface area contributed by atoms with Crippen LogP contribution in [0.4, 0.5) is 0 Å². The van der Waals surface area contributed by atoms with Crippen LogP contribution in [-0.2, 0) is 4.43 Å². The summed E-state index contributed by atoms with van der Waals surface area (Å²) < 4.78 is 7.28. The summed E-state index contributed by atoms with van der Waals surface area (Å²) in [5.74, 6) is 3.13. The standard InChI is InChI=1S/C17H25BrOSi/c1-13(2)20(14(3)4,15(5)6)19-12-11-16-7-9-17(18)10-8-16/h7-10,13-15H,1-6H3. The molecule has 0 heterocycles. The molecule has 0 aliphatic heterocycles. The highest BCUT2D eigenvalue weighted by atomic mass is 79.9. The van der Waals surface area contributed by atoms with Gasteiger partial charge in [-0.05, 0) is 46.8 Å². The van der Waals surface area contributed by atoms with Gasteiger partial charge in [-0.1, -0.05) is 57.5 Å². The van der Waals surface area contributed by atoms with Crippen molar-refractivity contribution in [2.45, 2.75) is 58.2 Å². The maximum atomic E-state index is 6.21. The van der Waals surface area contributed by atoms with Crippen LogP contribution in [0.3, 0.4) is 0 Å². The van der Waals surface area contributed by atoms with Crippen LogP contribution in [0.2, 0.25) is 16.6 Å². The fourth-order valence-electron chi connectivity index (χ4n) is 3.06. The predicted molar refractivity (Wildman–Crippen MR) is 93.2 cm³/mol. The predicted octanol–water partition coefficient (Wildman–Crippen LogP) is 5.95. The molecule has 0 aliphatic carbocycles. The van der Waals surface area contributed by atoms with E-state index in [1.807, 2.05) is 24.3 Å². The van der Waals surface area contributed by atoms with E-state index in [1.54, 1.807) is 0 Å². The minimum atomic E-state index is -1.88. The van der Waals surface area contributed by atoms with Gasteiger partial charge in [0.2, 0.25) is 0 Å². The summed E-state index contributed by atoms with van der Waals surface area (Å²) in [5.41, 5.74) is 2.66. The Labute approximate surface area is 133 Å². The molecular weight excluding hydrogens is 328 g/mol. The largest absolute Gasteiger partial charge is 0.499 e. The van der Waals surface area contributed by atoms with E-state index in [1.165, 1.54) is 0 Å². The van der Waals surface area contributed by atoms with E-state index >= 15 is 0 Å². The van der Waals surface area contributed by atoms with Crippen LogP contribution in [0.1, 0.15) is 47.1 Å². The van der Waals surface area contributed by atoms with Crippen molar-refractivity contribution in [3.05, 3.63) is 34.3 Å². The van der Waals surface area contributed by atoms with Crippen LogP contribution in [0, 0.1) is 12.0 Å². The van der Waals surface area contributed by atoms with Crippen molar-refractivity contribution in [1.82, 2.24) is 0 Å². The highest BCUT2D eigenvalue weighted by Gasteiger charge is 2.46. The van der Waals surface area contributed by atoms with Gasteiger partial charge in [-0.25, -0.2) is 0 Å².